The molecule has 0 unspecified atom stereocenters. The molecule has 3 rings (SSSR count). The molecule has 0 bridgehead atoms. The van der Waals surface area contributed by atoms with E-state index >= 15 is 0 Å². The van der Waals surface area contributed by atoms with Crippen LogP contribution >= 0.6 is 11.3 Å². The topological polar surface area (TPSA) is 40.5 Å². The first-order valence-electron chi connectivity index (χ1n) is 7.01. The third-order valence-corrected chi connectivity index (χ3v) is 4.75. The predicted octanol–water partition coefficient (Wildman–Crippen LogP) is 4.19. The van der Waals surface area contributed by atoms with Gasteiger partial charge in [0, 0.05) is 9.75 Å². The van der Waals surface area contributed by atoms with Crippen molar-refractivity contribution in [1.29, 1.82) is 0 Å². The van der Waals surface area contributed by atoms with Crippen LogP contribution in [0.1, 0.15) is 33.1 Å². The van der Waals surface area contributed by atoms with E-state index in [1.54, 1.807) is 12.1 Å². The van der Waals surface area contributed by atoms with Crippen LogP contribution in [0.5, 0.6) is 0 Å². The number of rotatable bonds is 4. The van der Waals surface area contributed by atoms with Gasteiger partial charge >= 0.3 is 0 Å². The van der Waals surface area contributed by atoms with E-state index < -0.39 is 12.2 Å². The van der Waals surface area contributed by atoms with Crippen molar-refractivity contribution in [2.24, 2.45) is 0 Å². The number of hydrogen-bond acceptors (Lipinski definition) is 3. The summed E-state index contributed by atoms with van der Waals surface area (Å²) in [6, 6.07) is 14.7. The molecule has 0 spiro atoms. The van der Waals surface area contributed by atoms with Gasteiger partial charge in [0.15, 0.2) is 0 Å². The Morgan fingerprint density at radius 2 is 0.957 bits per heavy atom. The van der Waals surface area contributed by atoms with Gasteiger partial charge in [0.1, 0.15) is 23.8 Å². The van der Waals surface area contributed by atoms with Gasteiger partial charge in [-0.05, 0) is 47.5 Å². The summed E-state index contributed by atoms with van der Waals surface area (Å²) in [7, 11) is 0. The largest absolute Gasteiger partial charge is 0.383 e. The van der Waals surface area contributed by atoms with Crippen molar-refractivity contribution < 1.29 is 19.0 Å². The summed E-state index contributed by atoms with van der Waals surface area (Å²) < 4.78 is 25.9. The Hall–Kier alpha value is -2.08. The van der Waals surface area contributed by atoms with Crippen molar-refractivity contribution in [3.63, 3.8) is 0 Å². The zero-order chi connectivity index (χ0) is 16.4. The highest BCUT2D eigenvalue weighted by Gasteiger charge is 2.17. The van der Waals surface area contributed by atoms with Gasteiger partial charge in [-0.15, -0.1) is 11.3 Å². The monoisotopic (exact) mass is 332 g/mol. The van der Waals surface area contributed by atoms with E-state index in [-0.39, 0.29) is 11.6 Å². The Bertz CT molecular complexity index is 716. The molecule has 1 aromatic heterocycles. The Balaban J connectivity index is 1.82. The lowest BCUT2D eigenvalue weighted by Gasteiger charge is -2.10. The lowest BCUT2D eigenvalue weighted by molar-refractivity contribution is 0.223. The first kappa shape index (κ1) is 15.8. The minimum atomic E-state index is -0.880. The highest BCUT2D eigenvalue weighted by molar-refractivity contribution is 7.12. The van der Waals surface area contributed by atoms with Gasteiger partial charge in [0.05, 0.1) is 0 Å². The second kappa shape index (κ2) is 6.58. The fourth-order valence-corrected chi connectivity index (χ4v) is 3.32. The van der Waals surface area contributed by atoms with Crippen LogP contribution in [-0.2, 0) is 0 Å². The SMILES string of the molecule is O[C@H](c1ccc(F)cc1)c1ccc([C@H](O)c2ccc(F)cc2)s1. The molecule has 0 saturated heterocycles. The van der Waals surface area contributed by atoms with Gasteiger partial charge in [-0.1, -0.05) is 24.3 Å². The van der Waals surface area contributed by atoms with Crippen LogP contribution < -0.4 is 0 Å². The number of halogens is 2. The fourth-order valence-electron chi connectivity index (χ4n) is 2.28. The Morgan fingerprint density at radius 1 is 0.609 bits per heavy atom. The molecule has 2 nitrogen and oxygen atoms in total. The highest BCUT2D eigenvalue weighted by Crippen LogP contribution is 2.33. The van der Waals surface area contributed by atoms with Crippen LogP contribution in [0.4, 0.5) is 8.78 Å². The van der Waals surface area contributed by atoms with Crippen molar-refractivity contribution in [3.05, 3.63) is 93.2 Å². The van der Waals surface area contributed by atoms with Gasteiger partial charge in [-0.3, -0.25) is 0 Å². The van der Waals surface area contributed by atoms with Gasteiger partial charge in [-0.2, -0.15) is 0 Å². The molecule has 5 heteroatoms. The van der Waals surface area contributed by atoms with E-state index in [1.807, 2.05) is 0 Å². The zero-order valence-corrected chi connectivity index (χ0v) is 12.8. The zero-order valence-electron chi connectivity index (χ0n) is 12.0. The van der Waals surface area contributed by atoms with Gasteiger partial charge in [-0.25, -0.2) is 8.78 Å². The summed E-state index contributed by atoms with van der Waals surface area (Å²) in [5, 5.41) is 20.7. The van der Waals surface area contributed by atoms with Gasteiger partial charge in [0.25, 0.3) is 0 Å². The smallest absolute Gasteiger partial charge is 0.123 e. The van der Waals surface area contributed by atoms with Crippen LogP contribution in [0.2, 0.25) is 0 Å². The van der Waals surface area contributed by atoms with Crippen LogP contribution in [-0.4, -0.2) is 10.2 Å². The first-order chi connectivity index (χ1) is 11.0. The summed E-state index contributed by atoms with van der Waals surface area (Å²) in [6.45, 7) is 0. The summed E-state index contributed by atoms with van der Waals surface area (Å²) in [4.78, 5) is 1.29. The molecule has 2 N–H and O–H groups in total. The molecule has 0 saturated carbocycles. The molecular formula is C18H14F2O2S. The van der Waals surface area contributed by atoms with Crippen molar-refractivity contribution in [1.82, 2.24) is 0 Å². The second-order valence-corrected chi connectivity index (χ2v) is 6.30. The Labute approximate surface area is 136 Å². The van der Waals surface area contributed by atoms with Crippen LogP contribution in [0.3, 0.4) is 0 Å². The van der Waals surface area contributed by atoms with Gasteiger partial charge in [0.2, 0.25) is 0 Å². The molecule has 0 fully saturated rings. The average molecular weight is 332 g/mol. The number of thiophene rings is 1. The Kier molecular flexibility index (Phi) is 4.52. The first-order valence-corrected chi connectivity index (χ1v) is 7.83. The maximum absolute atomic E-state index is 12.9. The molecule has 0 amide bonds. The predicted molar refractivity (Wildman–Crippen MR) is 85.2 cm³/mol. The van der Waals surface area contributed by atoms with E-state index in [9.17, 15) is 19.0 Å². The maximum Gasteiger partial charge on any atom is 0.123 e. The fraction of sp³-hybridized carbons (Fsp3) is 0.111. The van der Waals surface area contributed by atoms with Crippen molar-refractivity contribution in [2.75, 3.05) is 0 Å². The standard InChI is InChI=1S/C18H14F2O2S/c19-13-5-1-11(2-6-13)17(21)15-9-10-16(23-15)18(22)12-3-7-14(20)8-4-12/h1-10,17-18,21-22H/t17-,18-/m1/s1. The lowest BCUT2D eigenvalue weighted by Crippen LogP contribution is -1.98. The number of hydrogen-bond donors (Lipinski definition) is 2. The quantitative estimate of drug-likeness (QED) is 0.752. The third-order valence-electron chi connectivity index (χ3n) is 3.56. The average Bonchev–Trinajstić information content (AvgIpc) is 3.05. The second-order valence-electron chi connectivity index (χ2n) is 5.15. The van der Waals surface area contributed by atoms with Crippen LogP contribution in [0, 0.1) is 11.6 Å². The minimum Gasteiger partial charge on any atom is -0.383 e. The number of aliphatic hydroxyl groups is 2. The van der Waals surface area contributed by atoms with Crippen LogP contribution in [0.15, 0.2) is 60.7 Å². The summed E-state index contributed by atoms with van der Waals surface area (Å²) in [5.74, 6) is -0.723. The highest BCUT2D eigenvalue weighted by atomic mass is 32.1. The number of benzene rings is 2. The summed E-state index contributed by atoms with van der Waals surface area (Å²) >= 11 is 1.26. The van der Waals surface area contributed by atoms with E-state index in [4.69, 9.17) is 0 Å². The molecule has 0 aliphatic carbocycles. The molecular weight excluding hydrogens is 318 g/mol. The molecule has 118 valence electrons. The molecule has 23 heavy (non-hydrogen) atoms. The lowest BCUT2D eigenvalue weighted by atomic mass is 10.1. The van der Waals surface area contributed by atoms with E-state index in [1.165, 1.54) is 59.9 Å². The maximum atomic E-state index is 12.9. The summed E-state index contributed by atoms with van der Waals surface area (Å²) in [6.07, 6.45) is -1.76. The van der Waals surface area contributed by atoms with E-state index in [2.05, 4.69) is 0 Å². The van der Waals surface area contributed by atoms with E-state index in [0.29, 0.717) is 20.9 Å². The van der Waals surface area contributed by atoms with Gasteiger partial charge < -0.3 is 10.2 Å². The van der Waals surface area contributed by atoms with E-state index in [0.717, 1.165) is 0 Å². The number of aliphatic hydroxyl groups excluding tert-OH is 2. The molecule has 0 aliphatic heterocycles. The van der Waals surface area contributed by atoms with Crippen molar-refractivity contribution >= 4 is 11.3 Å². The van der Waals surface area contributed by atoms with Crippen molar-refractivity contribution in [2.45, 2.75) is 12.2 Å². The van der Waals surface area contributed by atoms with Crippen molar-refractivity contribution in [3.8, 4) is 0 Å². The minimum absolute atomic E-state index is 0.362. The normalized spacial score (nSPS) is 13.7. The molecule has 3 aromatic rings. The summed E-state index contributed by atoms with van der Waals surface area (Å²) in [5.41, 5.74) is 1.16. The molecule has 0 radical (unpaired) electrons. The third kappa shape index (κ3) is 3.47. The molecule has 1 heterocycles. The Morgan fingerprint density at radius 3 is 1.30 bits per heavy atom. The van der Waals surface area contributed by atoms with Crippen LogP contribution in [0.25, 0.3) is 0 Å². The molecule has 0 aliphatic rings. The molecule has 2 aromatic carbocycles. The molecule has 2 atom stereocenters.